The molecule has 18 heavy (non-hydrogen) atoms. The lowest BCUT2D eigenvalue weighted by Gasteiger charge is -2.09. The normalized spacial score (nSPS) is 10.6. The molecule has 0 unspecified atom stereocenters. The second-order valence-corrected chi connectivity index (χ2v) is 4.66. The molecule has 0 aliphatic rings. The summed E-state index contributed by atoms with van der Waals surface area (Å²) >= 11 is 0. The van der Waals surface area contributed by atoms with Crippen LogP contribution in [0.5, 0.6) is 5.75 Å². The fraction of sp³-hybridized carbons (Fsp3) is 0.500. The maximum atomic E-state index is 7.21. The maximum absolute atomic E-state index is 7.21. The number of ether oxygens (including phenoxy) is 2. The van der Waals surface area contributed by atoms with Gasteiger partial charge >= 0.3 is 0 Å². The SMILES string of the molecule is CC(C)COCCOc1ccc(CC(=N)N)cc1. The van der Waals surface area contributed by atoms with Crippen LogP contribution in [0.3, 0.4) is 0 Å². The molecule has 0 spiro atoms. The minimum absolute atomic E-state index is 0.172. The van der Waals surface area contributed by atoms with Crippen molar-refractivity contribution in [3.05, 3.63) is 29.8 Å². The lowest BCUT2D eigenvalue weighted by Crippen LogP contribution is -2.12. The Bertz CT molecular complexity index is 361. The number of amidine groups is 1. The Morgan fingerprint density at radius 1 is 1.22 bits per heavy atom. The molecule has 0 bridgehead atoms. The van der Waals surface area contributed by atoms with E-state index >= 15 is 0 Å². The summed E-state index contributed by atoms with van der Waals surface area (Å²) in [6, 6.07) is 7.62. The molecular formula is C14H22N2O2. The molecule has 1 aromatic rings. The molecule has 0 heterocycles. The number of nitrogens with two attached hydrogens (primary N) is 1. The summed E-state index contributed by atoms with van der Waals surface area (Å²) in [7, 11) is 0. The van der Waals surface area contributed by atoms with Gasteiger partial charge in [0.05, 0.1) is 12.4 Å². The van der Waals surface area contributed by atoms with E-state index in [0.29, 0.717) is 25.6 Å². The second-order valence-electron chi connectivity index (χ2n) is 4.66. The highest BCUT2D eigenvalue weighted by Crippen LogP contribution is 2.12. The van der Waals surface area contributed by atoms with E-state index in [1.807, 2.05) is 24.3 Å². The van der Waals surface area contributed by atoms with E-state index in [9.17, 15) is 0 Å². The highest BCUT2D eigenvalue weighted by atomic mass is 16.5. The van der Waals surface area contributed by atoms with Gasteiger partial charge < -0.3 is 15.2 Å². The van der Waals surface area contributed by atoms with E-state index < -0.39 is 0 Å². The molecule has 0 atom stereocenters. The predicted molar refractivity (Wildman–Crippen MR) is 73.2 cm³/mol. The van der Waals surface area contributed by atoms with Crippen molar-refractivity contribution in [3.8, 4) is 5.75 Å². The zero-order valence-electron chi connectivity index (χ0n) is 11.1. The van der Waals surface area contributed by atoms with Crippen molar-refractivity contribution in [2.24, 2.45) is 11.7 Å². The molecular weight excluding hydrogens is 228 g/mol. The molecule has 3 N–H and O–H groups in total. The summed E-state index contributed by atoms with van der Waals surface area (Å²) in [6.45, 7) is 6.16. The zero-order valence-corrected chi connectivity index (χ0v) is 11.1. The first-order chi connectivity index (χ1) is 8.58. The van der Waals surface area contributed by atoms with E-state index in [1.165, 1.54) is 0 Å². The van der Waals surface area contributed by atoms with Crippen LogP contribution in [0.4, 0.5) is 0 Å². The van der Waals surface area contributed by atoms with E-state index in [0.717, 1.165) is 17.9 Å². The standard InChI is InChI=1S/C14H22N2O2/c1-11(2)10-17-7-8-18-13-5-3-12(4-6-13)9-14(15)16/h3-6,11H,7-10H2,1-2H3,(H3,15,16). The van der Waals surface area contributed by atoms with Gasteiger partial charge in [-0.05, 0) is 23.6 Å². The molecule has 4 heteroatoms. The molecule has 0 aliphatic carbocycles. The summed E-state index contributed by atoms with van der Waals surface area (Å²) < 4.78 is 11.0. The van der Waals surface area contributed by atoms with Crippen LogP contribution in [-0.2, 0) is 11.2 Å². The fourth-order valence-corrected chi connectivity index (χ4v) is 1.46. The highest BCUT2D eigenvalue weighted by Gasteiger charge is 1.98. The first-order valence-corrected chi connectivity index (χ1v) is 6.20. The Balaban J connectivity index is 2.24. The quantitative estimate of drug-likeness (QED) is 0.422. The van der Waals surface area contributed by atoms with Gasteiger partial charge in [-0.1, -0.05) is 26.0 Å². The monoisotopic (exact) mass is 250 g/mol. The van der Waals surface area contributed by atoms with Crippen molar-refractivity contribution in [3.63, 3.8) is 0 Å². The Hall–Kier alpha value is -1.55. The lowest BCUT2D eigenvalue weighted by molar-refractivity contribution is 0.0819. The summed E-state index contributed by atoms with van der Waals surface area (Å²) in [6.07, 6.45) is 0.484. The number of benzene rings is 1. The van der Waals surface area contributed by atoms with Crippen LogP contribution in [0.1, 0.15) is 19.4 Å². The minimum atomic E-state index is 0.172. The molecule has 1 rings (SSSR count). The lowest BCUT2D eigenvalue weighted by atomic mass is 10.1. The van der Waals surface area contributed by atoms with Crippen molar-refractivity contribution in [2.45, 2.75) is 20.3 Å². The van der Waals surface area contributed by atoms with Gasteiger partial charge in [-0.25, -0.2) is 0 Å². The third-order valence-electron chi connectivity index (χ3n) is 2.27. The Morgan fingerprint density at radius 2 is 1.89 bits per heavy atom. The molecule has 0 saturated heterocycles. The molecule has 100 valence electrons. The van der Waals surface area contributed by atoms with Crippen molar-refractivity contribution in [1.29, 1.82) is 5.41 Å². The molecule has 0 radical (unpaired) electrons. The molecule has 0 aromatic heterocycles. The van der Waals surface area contributed by atoms with E-state index in [-0.39, 0.29) is 5.84 Å². The number of nitrogens with one attached hydrogen (secondary N) is 1. The largest absolute Gasteiger partial charge is 0.491 e. The zero-order chi connectivity index (χ0) is 13.4. The number of rotatable bonds is 8. The van der Waals surface area contributed by atoms with Gasteiger partial charge in [0.1, 0.15) is 12.4 Å². The molecule has 0 saturated carbocycles. The molecule has 0 fully saturated rings. The van der Waals surface area contributed by atoms with Crippen LogP contribution >= 0.6 is 0 Å². The van der Waals surface area contributed by atoms with Gasteiger partial charge in [-0.3, -0.25) is 5.41 Å². The van der Waals surface area contributed by atoms with Crippen molar-refractivity contribution >= 4 is 5.84 Å². The first kappa shape index (κ1) is 14.5. The van der Waals surface area contributed by atoms with Crippen LogP contribution in [-0.4, -0.2) is 25.7 Å². The van der Waals surface area contributed by atoms with Crippen LogP contribution < -0.4 is 10.5 Å². The first-order valence-electron chi connectivity index (χ1n) is 6.20. The van der Waals surface area contributed by atoms with Crippen LogP contribution in [0.2, 0.25) is 0 Å². The average Bonchev–Trinajstić information content (AvgIpc) is 2.30. The summed E-state index contributed by atoms with van der Waals surface area (Å²) in [5.41, 5.74) is 6.36. The van der Waals surface area contributed by atoms with Gasteiger partial charge in [0.15, 0.2) is 0 Å². The minimum Gasteiger partial charge on any atom is -0.491 e. The van der Waals surface area contributed by atoms with Crippen molar-refractivity contribution in [1.82, 2.24) is 0 Å². The van der Waals surface area contributed by atoms with E-state index in [1.54, 1.807) is 0 Å². The van der Waals surface area contributed by atoms with Crippen LogP contribution in [0.25, 0.3) is 0 Å². The van der Waals surface area contributed by atoms with Gasteiger partial charge in [0, 0.05) is 13.0 Å². The Morgan fingerprint density at radius 3 is 2.44 bits per heavy atom. The number of hydrogen-bond acceptors (Lipinski definition) is 3. The summed E-state index contributed by atoms with van der Waals surface area (Å²) in [5.74, 6) is 1.54. The van der Waals surface area contributed by atoms with Gasteiger partial charge in [-0.2, -0.15) is 0 Å². The Kier molecular flexibility index (Phi) is 6.22. The van der Waals surface area contributed by atoms with Gasteiger partial charge in [-0.15, -0.1) is 0 Å². The molecule has 4 nitrogen and oxygen atoms in total. The third-order valence-corrected chi connectivity index (χ3v) is 2.27. The van der Waals surface area contributed by atoms with Crippen LogP contribution in [0.15, 0.2) is 24.3 Å². The molecule has 0 aliphatic heterocycles. The van der Waals surface area contributed by atoms with Crippen molar-refractivity contribution < 1.29 is 9.47 Å². The molecule has 1 aromatic carbocycles. The topological polar surface area (TPSA) is 68.3 Å². The second kappa shape index (κ2) is 7.71. The smallest absolute Gasteiger partial charge is 0.119 e. The van der Waals surface area contributed by atoms with Crippen molar-refractivity contribution in [2.75, 3.05) is 19.8 Å². The van der Waals surface area contributed by atoms with Crippen LogP contribution in [0, 0.1) is 11.3 Å². The third kappa shape index (κ3) is 6.25. The molecule has 0 amide bonds. The van der Waals surface area contributed by atoms with E-state index in [2.05, 4.69) is 13.8 Å². The fourth-order valence-electron chi connectivity index (χ4n) is 1.46. The predicted octanol–water partition coefficient (Wildman–Crippen LogP) is 2.22. The summed E-state index contributed by atoms with van der Waals surface area (Å²) in [4.78, 5) is 0. The van der Waals surface area contributed by atoms with E-state index in [4.69, 9.17) is 20.6 Å². The number of hydrogen-bond donors (Lipinski definition) is 2. The Labute approximate surface area is 109 Å². The summed E-state index contributed by atoms with van der Waals surface area (Å²) in [5, 5.41) is 7.21. The average molecular weight is 250 g/mol. The highest BCUT2D eigenvalue weighted by molar-refractivity contribution is 5.79. The van der Waals surface area contributed by atoms with Gasteiger partial charge in [0.2, 0.25) is 0 Å². The maximum Gasteiger partial charge on any atom is 0.119 e. The van der Waals surface area contributed by atoms with Gasteiger partial charge in [0.25, 0.3) is 0 Å².